The van der Waals surface area contributed by atoms with E-state index in [2.05, 4.69) is 4.98 Å². The fourth-order valence-corrected chi connectivity index (χ4v) is 2.60. The minimum atomic E-state index is -1.14. The number of para-hydroxylation sites is 1. The lowest BCUT2D eigenvalue weighted by atomic mass is 9.84. The van der Waals surface area contributed by atoms with Crippen LogP contribution in [0.5, 0.6) is 5.88 Å². The van der Waals surface area contributed by atoms with E-state index in [1.165, 1.54) is 24.3 Å². The molecule has 0 radical (unpaired) electrons. The third-order valence-corrected chi connectivity index (χ3v) is 3.56. The predicted octanol–water partition coefficient (Wildman–Crippen LogP) is 0.190. The van der Waals surface area contributed by atoms with E-state index in [0.717, 1.165) is 0 Å². The smallest absolute Gasteiger partial charge is 0.328 e. The van der Waals surface area contributed by atoms with E-state index in [1.807, 2.05) is 11.1 Å². The molecule has 24 heavy (non-hydrogen) atoms. The number of nitro benzene ring substituents is 1. The van der Waals surface area contributed by atoms with Crippen LogP contribution in [0.4, 0.5) is 5.69 Å². The molecule has 10 nitrogen and oxygen atoms in total. The number of nitrogens with one attached hydrogen (secondary N) is 2. The second-order valence-corrected chi connectivity index (χ2v) is 4.89. The van der Waals surface area contributed by atoms with Crippen LogP contribution >= 0.6 is 0 Å². The molecule has 10 heteroatoms. The number of benzene rings is 1. The van der Waals surface area contributed by atoms with Crippen molar-refractivity contribution < 1.29 is 9.66 Å². The molecule has 4 N–H and O–H groups in total. The summed E-state index contributed by atoms with van der Waals surface area (Å²) in [6, 6.07) is 7.46. The van der Waals surface area contributed by atoms with Gasteiger partial charge in [0.25, 0.3) is 11.2 Å². The second kappa shape index (κ2) is 5.40. The van der Waals surface area contributed by atoms with Crippen LogP contribution in [0.1, 0.15) is 17.0 Å². The number of hydrogen-bond donors (Lipinski definition) is 3. The molecule has 1 aliphatic heterocycles. The third kappa shape index (κ3) is 2.20. The molecule has 120 valence electrons. The summed E-state index contributed by atoms with van der Waals surface area (Å²) in [6.07, 6.45) is 0. The summed E-state index contributed by atoms with van der Waals surface area (Å²) in [7, 11) is 0. The summed E-state index contributed by atoms with van der Waals surface area (Å²) >= 11 is 0. The van der Waals surface area contributed by atoms with E-state index in [9.17, 15) is 25.0 Å². The zero-order chi connectivity index (χ0) is 17.4. The highest BCUT2D eigenvalue weighted by Gasteiger charge is 2.37. The fraction of sp³-hybridized carbons (Fsp3) is 0.0714. The van der Waals surface area contributed by atoms with Crippen molar-refractivity contribution in [1.82, 2.24) is 9.97 Å². The minimum absolute atomic E-state index is 0.0871. The Morgan fingerprint density at radius 1 is 1.29 bits per heavy atom. The standard InChI is InChI=1S/C14H9N5O5/c15-5-7-9(6-3-1-2-4-8(6)19(22)23)10-12(20)17-14(21)18-13(10)24-11(7)16/h1-4,9H,16H2,(H2,17,18,20,21)/t9-/m0/s1. The van der Waals surface area contributed by atoms with Crippen molar-refractivity contribution in [3.63, 3.8) is 0 Å². The second-order valence-electron chi connectivity index (χ2n) is 4.89. The number of aromatic amines is 2. The zero-order valence-corrected chi connectivity index (χ0v) is 11.9. The van der Waals surface area contributed by atoms with Crippen LogP contribution in [0.3, 0.4) is 0 Å². The van der Waals surface area contributed by atoms with Crippen molar-refractivity contribution in [3.05, 3.63) is 77.8 Å². The number of ether oxygens (including phenoxy) is 1. The lowest BCUT2D eigenvalue weighted by Crippen LogP contribution is -2.33. The molecule has 2 heterocycles. The summed E-state index contributed by atoms with van der Waals surface area (Å²) in [4.78, 5) is 38.6. The van der Waals surface area contributed by atoms with Crippen LogP contribution in [-0.2, 0) is 0 Å². The van der Waals surface area contributed by atoms with Crippen molar-refractivity contribution in [2.45, 2.75) is 5.92 Å². The van der Waals surface area contributed by atoms with E-state index in [4.69, 9.17) is 10.5 Å². The largest absolute Gasteiger partial charge is 0.424 e. The molecule has 0 saturated carbocycles. The molecule has 1 aliphatic rings. The molecule has 0 unspecified atom stereocenters. The first-order valence-corrected chi connectivity index (χ1v) is 6.61. The topological polar surface area (TPSA) is 168 Å². The average Bonchev–Trinajstić information content (AvgIpc) is 2.53. The first-order valence-electron chi connectivity index (χ1n) is 6.61. The van der Waals surface area contributed by atoms with Crippen molar-refractivity contribution >= 4 is 5.69 Å². The van der Waals surface area contributed by atoms with Crippen LogP contribution in [0.15, 0.2) is 45.3 Å². The predicted molar refractivity (Wildman–Crippen MR) is 80.1 cm³/mol. The quantitative estimate of drug-likeness (QED) is 0.522. The van der Waals surface area contributed by atoms with Gasteiger partial charge in [-0.15, -0.1) is 0 Å². The summed E-state index contributed by atoms with van der Waals surface area (Å²) < 4.78 is 5.14. The Labute approximate surface area is 133 Å². The van der Waals surface area contributed by atoms with E-state index < -0.39 is 22.1 Å². The molecule has 0 amide bonds. The van der Waals surface area contributed by atoms with E-state index in [0.29, 0.717) is 0 Å². The number of fused-ring (bicyclic) bond motifs is 1. The Kier molecular flexibility index (Phi) is 3.38. The molecular formula is C14H9N5O5. The maximum Gasteiger partial charge on any atom is 0.328 e. The highest BCUT2D eigenvalue weighted by atomic mass is 16.6. The Bertz CT molecular complexity index is 1040. The first-order chi connectivity index (χ1) is 11.4. The van der Waals surface area contributed by atoms with Gasteiger partial charge in [-0.3, -0.25) is 24.9 Å². The molecule has 0 aliphatic carbocycles. The van der Waals surface area contributed by atoms with Gasteiger partial charge >= 0.3 is 5.69 Å². The van der Waals surface area contributed by atoms with Crippen molar-refractivity contribution in [3.8, 4) is 11.9 Å². The molecule has 0 spiro atoms. The Morgan fingerprint density at radius 3 is 2.67 bits per heavy atom. The van der Waals surface area contributed by atoms with Gasteiger partial charge in [-0.25, -0.2) is 4.79 Å². The van der Waals surface area contributed by atoms with E-state index in [-0.39, 0.29) is 34.2 Å². The zero-order valence-electron chi connectivity index (χ0n) is 11.9. The molecule has 1 aromatic heterocycles. The SMILES string of the molecule is N#CC1=C(N)Oc2[nH]c(=O)[nH]c(=O)c2[C@H]1c1ccccc1[N+](=O)[O-]. The number of H-pyrrole nitrogens is 2. The Morgan fingerprint density at radius 2 is 2.00 bits per heavy atom. The number of nitrogens with two attached hydrogens (primary N) is 1. The Balaban J connectivity index is 2.39. The number of nitro groups is 1. The van der Waals surface area contributed by atoms with Gasteiger partial charge in [-0.1, -0.05) is 18.2 Å². The number of aromatic nitrogens is 2. The van der Waals surface area contributed by atoms with Crippen LogP contribution in [0.2, 0.25) is 0 Å². The minimum Gasteiger partial charge on any atom is -0.424 e. The Hall–Kier alpha value is -3.87. The van der Waals surface area contributed by atoms with Crippen molar-refractivity contribution in [2.75, 3.05) is 0 Å². The molecule has 1 aromatic carbocycles. The molecule has 1 atom stereocenters. The maximum atomic E-state index is 12.2. The monoisotopic (exact) mass is 327 g/mol. The third-order valence-electron chi connectivity index (χ3n) is 3.56. The van der Waals surface area contributed by atoms with Gasteiger partial charge in [0.05, 0.1) is 16.4 Å². The van der Waals surface area contributed by atoms with Gasteiger partial charge in [0, 0.05) is 11.6 Å². The van der Waals surface area contributed by atoms with Gasteiger partial charge < -0.3 is 10.5 Å². The van der Waals surface area contributed by atoms with Gasteiger partial charge in [0.2, 0.25) is 11.8 Å². The summed E-state index contributed by atoms with van der Waals surface area (Å²) in [6.45, 7) is 0. The van der Waals surface area contributed by atoms with Gasteiger partial charge in [-0.2, -0.15) is 5.26 Å². The normalized spacial score (nSPS) is 16.0. The summed E-state index contributed by atoms with van der Waals surface area (Å²) in [5, 5.41) is 20.7. The van der Waals surface area contributed by atoms with E-state index >= 15 is 0 Å². The summed E-state index contributed by atoms with van der Waals surface area (Å²) in [5.74, 6) is -1.72. The van der Waals surface area contributed by atoms with Gasteiger partial charge in [0.15, 0.2) is 0 Å². The van der Waals surface area contributed by atoms with Gasteiger partial charge in [-0.05, 0) is 0 Å². The number of nitriles is 1. The van der Waals surface area contributed by atoms with Crippen LogP contribution < -0.4 is 21.7 Å². The fourth-order valence-electron chi connectivity index (χ4n) is 2.60. The average molecular weight is 327 g/mol. The van der Waals surface area contributed by atoms with Crippen molar-refractivity contribution in [2.24, 2.45) is 5.73 Å². The van der Waals surface area contributed by atoms with Crippen LogP contribution in [-0.4, -0.2) is 14.9 Å². The highest BCUT2D eigenvalue weighted by molar-refractivity contribution is 5.57. The number of allylic oxidation sites excluding steroid dienone is 1. The number of hydrogen-bond acceptors (Lipinski definition) is 7. The lowest BCUT2D eigenvalue weighted by molar-refractivity contribution is -0.385. The number of rotatable bonds is 2. The molecular weight excluding hydrogens is 318 g/mol. The maximum absolute atomic E-state index is 12.2. The molecule has 2 aromatic rings. The van der Waals surface area contributed by atoms with Crippen LogP contribution in [0, 0.1) is 21.4 Å². The van der Waals surface area contributed by atoms with E-state index in [1.54, 1.807) is 0 Å². The molecule has 3 rings (SSSR count). The molecule has 0 saturated heterocycles. The molecule has 0 bridgehead atoms. The lowest BCUT2D eigenvalue weighted by Gasteiger charge is -2.24. The summed E-state index contributed by atoms with van der Waals surface area (Å²) in [5.41, 5.74) is 3.55. The van der Waals surface area contributed by atoms with Crippen molar-refractivity contribution in [1.29, 1.82) is 5.26 Å². The molecule has 0 fully saturated rings. The first kappa shape index (κ1) is 15.0. The number of nitrogens with zero attached hydrogens (tertiary/aromatic N) is 2. The highest BCUT2D eigenvalue weighted by Crippen LogP contribution is 2.41. The van der Waals surface area contributed by atoms with Crippen LogP contribution in [0.25, 0.3) is 0 Å². The van der Waals surface area contributed by atoms with Gasteiger partial charge in [0.1, 0.15) is 11.6 Å².